The van der Waals surface area contributed by atoms with Crippen molar-refractivity contribution in [1.29, 1.82) is 0 Å². The molecule has 1 rings (SSSR count). The Morgan fingerprint density at radius 3 is 2.72 bits per heavy atom. The Kier molecular flexibility index (Phi) is 4.91. The van der Waals surface area contributed by atoms with Crippen molar-refractivity contribution in [3.63, 3.8) is 0 Å². The fourth-order valence-electron chi connectivity index (χ4n) is 1.23. The molecule has 98 valence electrons. The molecule has 0 saturated carbocycles. The highest BCUT2D eigenvalue weighted by molar-refractivity contribution is 5.71. The Balaban J connectivity index is 2.84. The second kappa shape index (κ2) is 6.43. The van der Waals surface area contributed by atoms with Crippen LogP contribution in [0.2, 0.25) is 0 Å². The maximum atomic E-state index is 11.1. The van der Waals surface area contributed by atoms with Gasteiger partial charge in [0.15, 0.2) is 6.61 Å². The predicted molar refractivity (Wildman–Crippen MR) is 61.8 cm³/mol. The highest BCUT2D eigenvalue weighted by atomic mass is 16.6. The second-order valence-electron chi connectivity index (χ2n) is 3.18. The molecule has 0 fully saturated rings. The number of nitro benzene ring substituents is 1. The van der Waals surface area contributed by atoms with Crippen molar-refractivity contribution >= 4 is 11.7 Å². The van der Waals surface area contributed by atoms with Crippen LogP contribution in [0.1, 0.15) is 6.92 Å². The molecule has 0 saturated heterocycles. The summed E-state index contributed by atoms with van der Waals surface area (Å²) in [4.78, 5) is 21.3. The molecular formula is C11H13NO6. The van der Waals surface area contributed by atoms with E-state index in [1.54, 1.807) is 6.92 Å². The molecule has 1 aromatic rings. The minimum atomic E-state index is -0.597. The van der Waals surface area contributed by atoms with Gasteiger partial charge in [-0.15, -0.1) is 0 Å². The van der Waals surface area contributed by atoms with Crippen molar-refractivity contribution < 1.29 is 23.9 Å². The van der Waals surface area contributed by atoms with E-state index in [9.17, 15) is 14.9 Å². The van der Waals surface area contributed by atoms with Crippen LogP contribution in [-0.4, -0.2) is 31.2 Å². The van der Waals surface area contributed by atoms with E-state index in [4.69, 9.17) is 9.47 Å². The Bertz CT molecular complexity index is 445. The molecule has 0 amide bonds. The first-order valence-electron chi connectivity index (χ1n) is 5.19. The fraction of sp³-hybridized carbons (Fsp3) is 0.364. The summed E-state index contributed by atoms with van der Waals surface area (Å²) >= 11 is 0. The number of hydrogen-bond acceptors (Lipinski definition) is 6. The first kappa shape index (κ1) is 13.8. The Morgan fingerprint density at radius 1 is 1.44 bits per heavy atom. The van der Waals surface area contributed by atoms with Gasteiger partial charge < -0.3 is 14.2 Å². The summed E-state index contributed by atoms with van der Waals surface area (Å²) < 4.78 is 14.6. The monoisotopic (exact) mass is 255 g/mol. The van der Waals surface area contributed by atoms with Gasteiger partial charge in [0.25, 0.3) is 0 Å². The van der Waals surface area contributed by atoms with Crippen LogP contribution in [0, 0.1) is 10.1 Å². The summed E-state index contributed by atoms with van der Waals surface area (Å²) in [6, 6.07) is 4.03. The van der Waals surface area contributed by atoms with E-state index in [0.29, 0.717) is 5.75 Å². The highest BCUT2D eigenvalue weighted by Crippen LogP contribution is 2.30. The first-order chi connectivity index (χ1) is 8.58. The molecule has 0 radical (unpaired) electrons. The molecule has 0 N–H and O–H groups in total. The number of ether oxygens (including phenoxy) is 3. The van der Waals surface area contributed by atoms with Crippen LogP contribution in [0.5, 0.6) is 11.5 Å². The molecule has 0 aromatic heterocycles. The Morgan fingerprint density at radius 2 is 2.17 bits per heavy atom. The molecule has 0 aliphatic heterocycles. The number of methoxy groups -OCH3 is 1. The van der Waals surface area contributed by atoms with E-state index in [-0.39, 0.29) is 24.7 Å². The van der Waals surface area contributed by atoms with Crippen LogP contribution in [0.25, 0.3) is 0 Å². The third-order valence-corrected chi connectivity index (χ3v) is 2.01. The van der Waals surface area contributed by atoms with Crippen molar-refractivity contribution in [2.24, 2.45) is 0 Å². The minimum absolute atomic E-state index is 0.0348. The van der Waals surface area contributed by atoms with E-state index in [0.717, 1.165) is 0 Å². The van der Waals surface area contributed by atoms with Gasteiger partial charge in [-0.3, -0.25) is 10.1 Å². The van der Waals surface area contributed by atoms with Gasteiger partial charge in [0.05, 0.1) is 18.6 Å². The van der Waals surface area contributed by atoms with Gasteiger partial charge in [-0.05, 0) is 13.0 Å². The van der Waals surface area contributed by atoms with Crippen molar-refractivity contribution in [3.8, 4) is 11.5 Å². The Labute approximate surface area is 103 Å². The van der Waals surface area contributed by atoms with Gasteiger partial charge in [-0.1, -0.05) is 0 Å². The molecule has 0 heterocycles. The lowest BCUT2D eigenvalue weighted by molar-refractivity contribution is -0.385. The molecule has 0 spiro atoms. The van der Waals surface area contributed by atoms with E-state index in [1.165, 1.54) is 25.3 Å². The summed E-state index contributed by atoms with van der Waals surface area (Å²) in [6.07, 6.45) is 0. The smallest absolute Gasteiger partial charge is 0.344 e. The van der Waals surface area contributed by atoms with Crippen LogP contribution in [0.4, 0.5) is 5.69 Å². The lowest BCUT2D eigenvalue weighted by Gasteiger charge is -2.07. The van der Waals surface area contributed by atoms with Crippen LogP contribution in [0.15, 0.2) is 18.2 Å². The van der Waals surface area contributed by atoms with Gasteiger partial charge in [-0.2, -0.15) is 0 Å². The van der Waals surface area contributed by atoms with E-state index in [2.05, 4.69) is 4.74 Å². The number of nitrogens with zero attached hydrogens (tertiary/aromatic N) is 1. The van der Waals surface area contributed by atoms with E-state index in [1.807, 2.05) is 0 Å². The topological polar surface area (TPSA) is 87.9 Å². The zero-order chi connectivity index (χ0) is 13.5. The van der Waals surface area contributed by atoms with Gasteiger partial charge in [-0.25, -0.2) is 4.79 Å². The molecule has 0 aliphatic carbocycles. The molecular weight excluding hydrogens is 242 g/mol. The number of benzene rings is 1. The molecule has 18 heavy (non-hydrogen) atoms. The SMILES string of the molecule is CCOC(=O)COc1cc(OC)ccc1[N+](=O)[O-]. The molecule has 0 aliphatic rings. The first-order valence-corrected chi connectivity index (χ1v) is 5.19. The molecule has 7 nitrogen and oxygen atoms in total. The average Bonchev–Trinajstić information content (AvgIpc) is 2.36. The number of carbonyl (C=O) groups is 1. The van der Waals surface area contributed by atoms with Gasteiger partial charge in [0.2, 0.25) is 5.75 Å². The number of esters is 1. The van der Waals surface area contributed by atoms with Crippen molar-refractivity contribution in [2.75, 3.05) is 20.3 Å². The summed E-state index contributed by atoms with van der Waals surface area (Å²) in [5, 5.41) is 10.8. The van der Waals surface area contributed by atoms with Crippen LogP contribution < -0.4 is 9.47 Å². The van der Waals surface area contributed by atoms with Crippen molar-refractivity contribution in [2.45, 2.75) is 6.92 Å². The minimum Gasteiger partial charge on any atom is -0.497 e. The summed E-state index contributed by atoms with van der Waals surface area (Å²) in [5.41, 5.74) is -0.236. The van der Waals surface area contributed by atoms with Crippen molar-refractivity contribution in [1.82, 2.24) is 0 Å². The third kappa shape index (κ3) is 3.62. The van der Waals surface area contributed by atoms with Gasteiger partial charge in [0.1, 0.15) is 5.75 Å². The number of carbonyl (C=O) groups excluding carboxylic acids is 1. The zero-order valence-electron chi connectivity index (χ0n) is 10.0. The van der Waals surface area contributed by atoms with Gasteiger partial charge in [0, 0.05) is 12.1 Å². The van der Waals surface area contributed by atoms with Gasteiger partial charge >= 0.3 is 11.7 Å². The molecule has 0 unspecified atom stereocenters. The summed E-state index contributed by atoms with van der Waals surface area (Å²) in [7, 11) is 1.43. The van der Waals surface area contributed by atoms with Crippen molar-refractivity contribution in [3.05, 3.63) is 28.3 Å². The lowest BCUT2D eigenvalue weighted by Crippen LogP contribution is -2.15. The molecule has 0 atom stereocenters. The Hall–Kier alpha value is -2.31. The highest BCUT2D eigenvalue weighted by Gasteiger charge is 2.17. The van der Waals surface area contributed by atoms with Crippen LogP contribution >= 0.6 is 0 Å². The largest absolute Gasteiger partial charge is 0.497 e. The summed E-state index contributed by atoms with van der Waals surface area (Å²) in [5.74, 6) is -0.221. The molecule has 1 aromatic carbocycles. The zero-order valence-corrected chi connectivity index (χ0v) is 10.0. The predicted octanol–water partition coefficient (Wildman–Crippen LogP) is 1.55. The third-order valence-electron chi connectivity index (χ3n) is 2.01. The lowest BCUT2D eigenvalue weighted by atomic mass is 10.3. The standard InChI is InChI=1S/C11H13NO6/c1-3-17-11(13)7-18-10-6-8(16-2)4-5-9(10)12(14)15/h4-6H,3,7H2,1-2H3. The molecule has 0 bridgehead atoms. The summed E-state index contributed by atoms with van der Waals surface area (Å²) in [6.45, 7) is 1.50. The number of rotatable bonds is 6. The van der Waals surface area contributed by atoms with E-state index >= 15 is 0 Å². The van der Waals surface area contributed by atoms with E-state index < -0.39 is 10.9 Å². The number of hydrogen-bond donors (Lipinski definition) is 0. The normalized spacial score (nSPS) is 9.67. The second-order valence-corrected chi connectivity index (χ2v) is 3.18. The average molecular weight is 255 g/mol. The fourth-order valence-corrected chi connectivity index (χ4v) is 1.23. The maximum Gasteiger partial charge on any atom is 0.344 e. The van der Waals surface area contributed by atoms with Crippen LogP contribution in [-0.2, 0) is 9.53 Å². The van der Waals surface area contributed by atoms with Crippen LogP contribution in [0.3, 0.4) is 0 Å². The number of nitro groups is 1. The maximum absolute atomic E-state index is 11.1. The molecule has 7 heteroatoms. The quantitative estimate of drug-likeness (QED) is 0.435.